The first-order valence-corrected chi connectivity index (χ1v) is 9.64. The van der Waals surface area contributed by atoms with Crippen molar-refractivity contribution < 1.29 is 5.11 Å². The molecule has 3 aromatic rings. The number of phenolic OH excluding ortho intramolecular Hbond substituents is 1. The summed E-state index contributed by atoms with van der Waals surface area (Å²) in [4.78, 5) is 6.23. The fraction of sp³-hybridized carbons (Fsp3) is 0.391. The van der Waals surface area contributed by atoms with Crippen LogP contribution in [0.5, 0.6) is 5.75 Å². The van der Waals surface area contributed by atoms with Crippen LogP contribution in [-0.2, 0) is 18.3 Å². The van der Waals surface area contributed by atoms with Gasteiger partial charge in [-0.1, -0.05) is 30.3 Å². The molecular weight excluding hydrogens is 320 g/mol. The average Bonchev–Trinajstić information content (AvgIpc) is 2.99. The van der Waals surface area contributed by atoms with Gasteiger partial charge in [0, 0.05) is 28.6 Å². The monoisotopic (exact) mass is 346 g/mol. The van der Waals surface area contributed by atoms with Crippen LogP contribution in [0.4, 0.5) is 0 Å². The maximum Gasteiger partial charge on any atom is 0.115 e. The summed E-state index contributed by atoms with van der Waals surface area (Å²) in [6, 6.07) is 14.6. The van der Waals surface area contributed by atoms with E-state index in [9.17, 15) is 5.11 Å². The predicted octanol–water partition coefficient (Wildman–Crippen LogP) is 4.17. The van der Waals surface area contributed by atoms with Gasteiger partial charge in [0.2, 0.25) is 0 Å². The van der Waals surface area contributed by atoms with Crippen molar-refractivity contribution >= 4 is 10.9 Å². The third-order valence-corrected chi connectivity index (χ3v) is 6.86. The minimum absolute atomic E-state index is 0.118. The predicted molar refractivity (Wildman–Crippen MR) is 106 cm³/mol. The third kappa shape index (κ3) is 2.23. The number of phenols is 1. The fourth-order valence-electron chi connectivity index (χ4n) is 5.45. The Morgan fingerprint density at radius 2 is 2.04 bits per heavy atom. The number of H-pyrrole nitrogens is 1. The van der Waals surface area contributed by atoms with Crippen molar-refractivity contribution in [1.82, 2.24) is 9.88 Å². The lowest BCUT2D eigenvalue weighted by atomic mass is 9.59. The molecule has 1 aliphatic carbocycles. The van der Waals surface area contributed by atoms with Crippen molar-refractivity contribution in [3.63, 3.8) is 0 Å². The van der Waals surface area contributed by atoms with Gasteiger partial charge in [0.25, 0.3) is 0 Å². The molecule has 0 spiro atoms. The number of aryl methyl sites for hydroxylation is 1. The van der Waals surface area contributed by atoms with Crippen LogP contribution in [0.25, 0.3) is 10.9 Å². The number of nitrogens with one attached hydrogen (secondary N) is 1. The minimum atomic E-state index is 0.118. The van der Waals surface area contributed by atoms with E-state index < -0.39 is 0 Å². The summed E-state index contributed by atoms with van der Waals surface area (Å²) in [6.07, 6.45) is 3.29. The molecule has 1 saturated heterocycles. The van der Waals surface area contributed by atoms with Crippen molar-refractivity contribution in [2.75, 3.05) is 20.1 Å². The van der Waals surface area contributed by atoms with Gasteiger partial charge >= 0.3 is 0 Å². The molecule has 1 fully saturated rings. The molecule has 1 aromatic heterocycles. The fourth-order valence-corrected chi connectivity index (χ4v) is 5.45. The molecule has 0 saturated carbocycles. The lowest BCUT2D eigenvalue weighted by molar-refractivity contribution is 0.0994. The van der Waals surface area contributed by atoms with Gasteiger partial charge in [-0.2, -0.15) is 0 Å². The second-order valence-corrected chi connectivity index (χ2v) is 8.38. The highest BCUT2D eigenvalue weighted by molar-refractivity contribution is 5.87. The van der Waals surface area contributed by atoms with E-state index in [1.165, 1.54) is 33.3 Å². The van der Waals surface area contributed by atoms with Crippen LogP contribution in [0.2, 0.25) is 0 Å². The molecule has 2 heterocycles. The first-order valence-electron chi connectivity index (χ1n) is 9.64. The zero-order valence-electron chi connectivity index (χ0n) is 15.5. The van der Waals surface area contributed by atoms with Crippen LogP contribution >= 0.6 is 0 Å². The van der Waals surface area contributed by atoms with E-state index in [2.05, 4.69) is 48.1 Å². The van der Waals surface area contributed by atoms with E-state index in [-0.39, 0.29) is 5.41 Å². The Morgan fingerprint density at radius 3 is 2.88 bits per heavy atom. The van der Waals surface area contributed by atoms with Gasteiger partial charge in [0.05, 0.1) is 0 Å². The molecule has 0 radical (unpaired) electrons. The first kappa shape index (κ1) is 16.0. The summed E-state index contributed by atoms with van der Waals surface area (Å²) in [6.45, 7) is 4.42. The van der Waals surface area contributed by atoms with E-state index in [1.54, 1.807) is 6.07 Å². The number of nitrogens with zero attached hydrogens (tertiary/aromatic N) is 1. The largest absolute Gasteiger partial charge is 0.508 e. The highest BCUT2D eigenvalue weighted by Gasteiger charge is 2.47. The lowest BCUT2D eigenvalue weighted by Crippen LogP contribution is -2.52. The summed E-state index contributed by atoms with van der Waals surface area (Å²) >= 11 is 0. The molecule has 2 aliphatic rings. The Balaban J connectivity index is 1.69. The molecule has 1 unspecified atom stereocenters. The summed E-state index contributed by atoms with van der Waals surface area (Å²) in [5, 5.41) is 11.5. The molecule has 2 atom stereocenters. The minimum Gasteiger partial charge on any atom is -0.508 e. The second kappa shape index (κ2) is 5.62. The third-order valence-electron chi connectivity index (χ3n) is 6.86. The van der Waals surface area contributed by atoms with Gasteiger partial charge in [-0.3, -0.25) is 0 Å². The van der Waals surface area contributed by atoms with Gasteiger partial charge in [0.15, 0.2) is 0 Å². The van der Waals surface area contributed by atoms with E-state index in [4.69, 9.17) is 0 Å². The highest BCUT2D eigenvalue weighted by Crippen LogP contribution is 2.49. The van der Waals surface area contributed by atoms with Crippen molar-refractivity contribution in [2.24, 2.45) is 5.92 Å². The number of fused-ring (bicyclic) bond motifs is 4. The molecule has 2 N–H and O–H groups in total. The Hall–Kier alpha value is -2.26. The standard InChI is InChI=1S/C23H26N2O/c1-15-5-3-8-19-20-12-17-14-25(2)10-9-23(17,13-21(20)24-22(15)19)16-6-4-7-18(26)11-16/h3-8,11,17,24,26H,9-10,12-14H2,1-2H3/t17?,23-/m1/s1. The molecule has 134 valence electrons. The Morgan fingerprint density at radius 1 is 1.19 bits per heavy atom. The van der Waals surface area contributed by atoms with Crippen molar-refractivity contribution in [1.29, 1.82) is 0 Å². The molecule has 26 heavy (non-hydrogen) atoms. The highest BCUT2D eigenvalue weighted by atomic mass is 16.3. The van der Waals surface area contributed by atoms with E-state index in [0.29, 0.717) is 11.7 Å². The Bertz CT molecular complexity index is 989. The number of rotatable bonds is 1. The molecule has 0 bridgehead atoms. The van der Waals surface area contributed by atoms with E-state index in [0.717, 1.165) is 32.4 Å². The quantitative estimate of drug-likeness (QED) is 0.694. The van der Waals surface area contributed by atoms with Crippen LogP contribution in [0.3, 0.4) is 0 Å². The van der Waals surface area contributed by atoms with Crippen molar-refractivity contribution in [3.8, 4) is 5.75 Å². The smallest absolute Gasteiger partial charge is 0.115 e. The van der Waals surface area contributed by atoms with Crippen LogP contribution in [0.15, 0.2) is 42.5 Å². The van der Waals surface area contributed by atoms with Gasteiger partial charge < -0.3 is 15.0 Å². The number of benzene rings is 2. The molecule has 2 aromatic carbocycles. The normalized spacial score (nSPS) is 25.8. The zero-order valence-corrected chi connectivity index (χ0v) is 15.5. The molecule has 1 aliphatic heterocycles. The van der Waals surface area contributed by atoms with Crippen molar-refractivity contribution in [2.45, 2.75) is 31.6 Å². The number of aromatic hydroxyl groups is 1. The summed E-state index contributed by atoms with van der Waals surface area (Å²) in [5.74, 6) is 0.961. The number of hydrogen-bond donors (Lipinski definition) is 2. The van der Waals surface area contributed by atoms with Crippen LogP contribution in [0.1, 0.15) is 28.8 Å². The maximum absolute atomic E-state index is 10.1. The number of hydrogen-bond acceptors (Lipinski definition) is 2. The van der Waals surface area contributed by atoms with Gasteiger partial charge in [0.1, 0.15) is 5.75 Å². The average molecular weight is 346 g/mol. The number of aromatic nitrogens is 1. The van der Waals surface area contributed by atoms with Gasteiger partial charge in [-0.15, -0.1) is 0 Å². The first-order chi connectivity index (χ1) is 12.6. The molecule has 5 rings (SSSR count). The molecule has 3 heteroatoms. The van der Waals surface area contributed by atoms with Gasteiger partial charge in [-0.05, 0) is 74.5 Å². The molecule has 3 nitrogen and oxygen atoms in total. The molecular formula is C23H26N2O. The molecule has 0 amide bonds. The van der Waals surface area contributed by atoms with Gasteiger partial charge in [-0.25, -0.2) is 0 Å². The lowest BCUT2D eigenvalue weighted by Gasteiger charge is -2.50. The number of para-hydroxylation sites is 1. The number of likely N-dealkylation sites (tertiary alicyclic amines) is 1. The van der Waals surface area contributed by atoms with Crippen molar-refractivity contribution in [3.05, 3.63) is 64.8 Å². The summed E-state index contributed by atoms with van der Waals surface area (Å²) < 4.78 is 0. The second-order valence-electron chi connectivity index (χ2n) is 8.38. The van der Waals surface area contributed by atoms with Crippen LogP contribution in [0, 0.1) is 12.8 Å². The van der Waals surface area contributed by atoms with E-state index >= 15 is 0 Å². The summed E-state index contributed by atoms with van der Waals surface area (Å²) in [7, 11) is 2.24. The zero-order chi connectivity index (χ0) is 17.9. The number of piperidine rings is 1. The number of aromatic amines is 1. The van der Waals surface area contributed by atoms with Crippen LogP contribution in [-0.4, -0.2) is 35.1 Å². The SMILES string of the molecule is Cc1cccc2c3c([nH]c12)C[C@@]1(c2cccc(O)c2)CCN(C)CC1C3. The topological polar surface area (TPSA) is 39.3 Å². The summed E-state index contributed by atoms with van der Waals surface area (Å²) in [5.41, 5.74) is 6.96. The van der Waals surface area contributed by atoms with Crippen LogP contribution < -0.4 is 0 Å². The maximum atomic E-state index is 10.1. The Labute approximate surface area is 154 Å². The van der Waals surface area contributed by atoms with E-state index in [1.807, 2.05) is 12.1 Å². The Kier molecular flexibility index (Phi) is 3.45.